The molecule has 0 aromatic carbocycles. The number of carboxylic acid groups (broad SMARTS) is 1. The molecule has 0 bridgehead atoms. The number of nitrogens with zero attached hydrogens (tertiary/aromatic N) is 2. The Hall–Kier alpha value is -1.73. The highest BCUT2D eigenvalue weighted by atomic mass is 19.4. The summed E-state index contributed by atoms with van der Waals surface area (Å²) < 4.78 is 42.8. The van der Waals surface area contributed by atoms with E-state index in [1.54, 1.807) is 0 Å². The standard InChI is InChI=1S/C8H9F3N2O3/c1-13-4-5(3-12-13)16-6(2-7(14)15)8(9,10)11/h3-4,6H,2H2,1H3,(H,14,15). The van der Waals surface area contributed by atoms with Crippen LogP contribution < -0.4 is 4.74 Å². The number of hydrogen-bond acceptors (Lipinski definition) is 3. The second-order valence-corrected chi connectivity index (χ2v) is 3.10. The Balaban J connectivity index is 2.74. The van der Waals surface area contributed by atoms with Crippen molar-refractivity contribution in [1.82, 2.24) is 9.78 Å². The van der Waals surface area contributed by atoms with Crippen LogP contribution in [0.4, 0.5) is 13.2 Å². The van der Waals surface area contributed by atoms with Gasteiger partial charge in [0.1, 0.15) is 0 Å². The van der Waals surface area contributed by atoms with E-state index >= 15 is 0 Å². The molecule has 1 atom stereocenters. The molecule has 0 spiro atoms. The van der Waals surface area contributed by atoms with Gasteiger partial charge < -0.3 is 9.84 Å². The average molecular weight is 238 g/mol. The largest absolute Gasteiger partial charge is 0.481 e. The third-order valence-electron chi connectivity index (χ3n) is 1.68. The quantitative estimate of drug-likeness (QED) is 0.856. The molecule has 0 saturated heterocycles. The summed E-state index contributed by atoms with van der Waals surface area (Å²) in [4.78, 5) is 10.3. The van der Waals surface area contributed by atoms with E-state index in [1.165, 1.54) is 17.9 Å². The highest BCUT2D eigenvalue weighted by Crippen LogP contribution is 2.27. The van der Waals surface area contributed by atoms with Gasteiger partial charge in [-0.25, -0.2) is 0 Å². The Labute approximate surface area is 88.4 Å². The van der Waals surface area contributed by atoms with Crippen molar-refractivity contribution in [1.29, 1.82) is 0 Å². The van der Waals surface area contributed by atoms with Gasteiger partial charge in [0.25, 0.3) is 0 Å². The van der Waals surface area contributed by atoms with Gasteiger partial charge in [-0.1, -0.05) is 0 Å². The molecule has 0 radical (unpaired) electrons. The first kappa shape index (κ1) is 12.3. The first-order valence-corrected chi connectivity index (χ1v) is 4.23. The zero-order chi connectivity index (χ0) is 12.3. The Morgan fingerprint density at radius 1 is 1.69 bits per heavy atom. The van der Waals surface area contributed by atoms with Crippen LogP contribution >= 0.6 is 0 Å². The lowest BCUT2D eigenvalue weighted by Gasteiger charge is -2.18. The van der Waals surface area contributed by atoms with E-state index in [-0.39, 0.29) is 5.75 Å². The minimum atomic E-state index is -4.73. The number of carboxylic acids is 1. The van der Waals surface area contributed by atoms with Gasteiger partial charge in [0.05, 0.1) is 18.8 Å². The summed E-state index contributed by atoms with van der Waals surface area (Å²) in [5, 5.41) is 11.9. The van der Waals surface area contributed by atoms with Gasteiger partial charge in [-0.05, 0) is 0 Å². The van der Waals surface area contributed by atoms with Crippen molar-refractivity contribution in [3.8, 4) is 5.75 Å². The van der Waals surface area contributed by atoms with E-state index in [2.05, 4.69) is 9.84 Å². The van der Waals surface area contributed by atoms with Gasteiger partial charge in [0.2, 0.25) is 6.10 Å². The highest BCUT2D eigenvalue weighted by Gasteiger charge is 2.43. The van der Waals surface area contributed by atoms with Crippen molar-refractivity contribution >= 4 is 5.97 Å². The van der Waals surface area contributed by atoms with Crippen LogP contribution in [0.1, 0.15) is 6.42 Å². The molecule has 1 heterocycles. The van der Waals surface area contributed by atoms with Crippen molar-refractivity contribution in [2.24, 2.45) is 7.05 Å². The van der Waals surface area contributed by atoms with E-state index in [9.17, 15) is 18.0 Å². The van der Waals surface area contributed by atoms with Crippen LogP contribution in [0, 0.1) is 0 Å². The monoisotopic (exact) mass is 238 g/mol. The topological polar surface area (TPSA) is 64.3 Å². The summed E-state index contributed by atoms with van der Waals surface area (Å²) >= 11 is 0. The third-order valence-corrected chi connectivity index (χ3v) is 1.68. The number of aryl methyl sites for hydroxylation is 1. The fraction of sp³-hybridized carbons (Fsp3) is 0.500. The molecule has 5 nitrogen and oxygen atoms in total. The van der Waals surface area contributed by atoms with Gasteiger partial charge in [0.15, 0.2) is 5.75 Å². The molecule has 0 aliphatic heterocycles. The van der Waals surface area contributed by atoms with Crippen molar-refractivity contribution < 1.29 is 27.8 Å². The number of ether oxygens (including phenoxy) is 1. The maximum absolute atomic E-state index is 12.4. The second-order valence-electron chi connectivity index (χ2n) is 3.10. The first-order valence-electron chi connectivity index (χ1n) is 4.23. The fourth-order valence-electron chi connectivity index (χ4n) is 1.01. The molecular weight excluding hydrogens is 229 g/mol. The lowest BCUT2D eigenvalue weighted by Crippen LogP contribution is -2.36. The molecule has 1 aromatic rings. The predicted octanol–water partition coefficient (Wildman–Crippen LogP) is 1.20. The SMILES string of the molecule is Cn1cc(OC(CC(=O)O)C(F)(F)F)cn1. The maximum Gasteiger partial charge on any atom is 0.426 e. The maximum atomic E-state index is 12.4. The molecule has 0 amide bonds. The summed E-state index contributed by atoms with van der Waals surface area (Å²) in [6, 6.07) is 0. The molecule has 0 saturated carbocycles. The lowest BCUT2D eigenvalue weighted by molar-refractivity contribution is -0.200. The molecule has 1 aromatic heterocycles. The zero-order valence-electron chi connectivity index (χ0n) is 8.23. The number of halogens is 3. The van der Waals surface area contributed by atoms with Crippen molar-refractivity contribution in [2.45, 2.75) is 18.7 Å². The Morgan fingerprint density at radius 3 is 2.69 bits per heavy atom. The summed E-state index contributed by atoms with van der Waals surface area (Å²) in [6.45, 7) is 0. The van der Waals surface area contributed by atoms with Gasteiger partial charge in [-0.3, -0.25) is 9.48 Å². The number of aliphatic carboxylic acids is 1. The fourth-order valence-corrected chi connectivity index (χ4v) is 1.01. The summed E-state index contributed by atoms with van der Waals surface area (Å²) in [6.07, 6.45) is -5.93. The summed E-state index contributed by atoms with van der Waals surface area (Å²) in [5.74, 6) is -1.70. The van der Waals surface area contributed by atoms with E-state index in [1.807, 2.05) is 0 Å². The number of rotatable bonds is 4. The average Bonchev–Trinajstić information content (AvgIpc) is 2.47. The summed E-state index contributed by atoms with van der Waals surface area (Å²) in [5.41, 5.74) is 0. The second kappa shape index (κ2) is 4.42. The normalized spacial score (nSPS) is 13.5. The molecule has 0 fully saturated rings. The van der Waals surface area contributed by atoms with Crippen molar-refractivity contribution in [3.63, 3.8) is 0 Å². The number of alkyl halides is 3. The van der Waals surface area contributed by atoms with Crippen LogP contribution in [0.25, 0.3) is 0 Å². The summed E-state index contributed by atoms with van der Waals surface area (Å²) in [7, 11) is 1.51. The molecule has 0 aliphatic carbocycles. The van der Waals surface area contributed by atoms with Crippen LogP contribution in [0.2, 0.25) is 0 Å². The molecule has 90 valence electrons. The van der Waals surface area contributed by atoms with Gasteiger partial charge in [0, 0.05) is 7.05 Å². The van der Waals surface area contributed by atoms with E-state index in [0.29, 0.717) is 0 Å². The Bertz CT molecular complexity index is 375. The molecular formula is C8H9F3N2O3. The third kappa shape index (κ3) is 3.44. The first-order chi connectivity index (χ1) is 7.29. The van der Waals surface area contributed by atoms with E-state index in [0.717, 1.165) is 6.20 Å². The smallest absolute Gasteiger partial charge is 0.426 e. The van der Waals surface area contributed by atoms with E-state index < -0.39 is 24.7 Å². The van der Waals surface area contributed by atoms with Gasteiger partial charge in [-0.2, -0.15) is 18.3 Å². The van der Waals surface area contributed by atoms with Gasteiger partial charge in [-0.15, -0.1) is 0 Å². The predicted molar refractivity (Wildman–Crippen MR) is 45.9 cm³/mol. The minimum Gasteiger partial charge on any atom is -0.481 e. The van der Waals surface area contributed by atoms with Crippen LogP contribution in [0.3, 0.4) is 0 Å². The van der Waals surface area contributed by atoms with Crippen molar-refractivity contribution in [2.75, 3.05) is 0 Å². The minimum absolute atomic E-state index is 0.119. The van der Waals surface area contributed by atoms with Crippen LogP contribution in [0.5, 0.6) is 5.75 Å². The van der Waals surface area contributed by atoms with Gasteiger partial charge >= 0.3 is 12.1 Å². The molecule has 16 heavy (non-hydrogen) atoms. The number of aromatic nitrogens is 2. The van der Waals surface area contributed by atoms with Crippen LogP contribution in [-0.4, -0.2) is 33.1 Å². The molecule has 8 heteroatoms. The van der Waals surface area contributed by atoms with Crippen molar-refractivity contribution in [3.05, 3.63) is 12.4 Å². The Morgan fingerprint density at radius 2 is 2.31 bits per heavy atom. The highest BCUT2D eigenvalue weighted by molar-refractivity contribution is 5.67. The molecule has 1 unspecified atom stereocenters. The number of carbonyl (C=O) groups is 1. The molecule has 1 N–H and O–H groups in total. The molecule has 1 rings (SSSR count). The Kier molecular flexibility index (Phi) is 3.41. The molecule has 0 aliphatic rings. The van der Waals surface area contributed by atoms with E-state index in [4.69, 9.17) is 5.11 Å². The number of hydrogen-bond donors (Lipinski definition) is 1. The van der Waals surface area contributed by atoms with Crippen LogP contribution in [-0.2, 0) is 11.8 Å². The van der Waals surface area contributed by atoms with Crippen LogP contribution in [0.15, 0.2) is 12.4 Å². The lowest BCUT2D eigenvalue weighted by atomic mass is 10.2. The zero-order valence-corrected chi connectivity index (χ0v) is 8.23.